The van der Waals surface area contributed by atoms with E-state index in [4.69, 9.17) is 4.74 Å². The second kappa shape index (κ2) is 7.27. The number of imide groups is 1. The molecule has 1 saturated heterocycles. The van der Waals surface area contributed by atoms with E-state index >= 15 is 0 Å². The number of nitrogens with zero attached hydrogens (tertiary/aromatic N) is 2. The Kier molecular flexibility index (Phi) is 5.06. The second-order valence-corrected chi connectivity index (χ2v) is 6.67. The van der Waals surface area contributed by atoms with Gasteiger partial charge in [0.2, 0.25) is 0 Å². The average Bonchev–Trinajstić information content (AvgIpc) is 2.92. The Bertz CT molecular complexity index is 719. The van der Waals surface area contributed by atoms with Gasteiger partial charge in [0.15, 0.2) is 6.10 Å². The third-order valence-corrected chi connectivity index (χ3v) is 4.86. The third-order valence-electron chi connectivity index (χ3n) is 4.86. The van der Waals surface area contributed by atoms with Crippen molar-refractivity contribution in [2.45, 2.75) is 45.3 Å². The number of carbonyl (C=O) groups excluding carboxylic acids is 4. The first-order valence-electron chi connectivity index (χ1n) is 8.88. The first-order chi connectivity index (χ1) is 12.4. The van der Waals surface area contributed by atoms with E-state index < -0.39 is 29.9 Å². The van der Waals surface area contributed by atoms with Crippen LogP contribution in [0.5, 0.6) is 0 Å². The lowest BCUT2D eigenvalue weighted by Gasteiger charge is -2.29. The van der Waals surface area contributed by atoms with Crippen molar-refractivity contribution in [3.8, 4) is 0 Å². The predicted molar refractivity (Wildman–Crippen MR) is 92.4 cm³/mol. The van der Waals surface area contributed by atoms with Crippen LogP contribution in [0.25, 0.3) is 0 Å². The summed E-state index contributed by atoms with van der Waals surface area (Å²) in [5.41, 5.74) is 0.546. The molecule has 3 rings (SSSR count). The van der Waals surface area contributed by atoms with E-state index in [1.165, 1.54) is 13.8 Å². The molecule has 0 unspecified atom stereocenters. The van der Waals surface area contributed by atoms with Crippen molar-refractivity contribution in [2.75, 3.05) is 13.1 Å². The molecule has 138 valence electrons. The summed E-state index contributed by atoms with van der Waals surface area (Å²) in [6, 6.07) is 5.33. The molecule has 2 aliphatic heterocycles. The summed E-state index contributed by atoms with van der Waals surface area (Å²) in [4.78, 5) is 52.3. The van der Waals surface area contributed by atoms with E-state index in [1.54, 1.807) is 29.2 Å². The van der Waals surface area contributed by atoms with Crippen LogP contribution in [0, 0.1) is 0 Å². The molecule has 7 nitrogen and oxygen atoms in total. The Balaban J connectivity index is 1.66. The molecule has 1 aromatic carbocycles. The average molecular weight is 358 g/mol. The summed E-state index contributed by atoms with van der Waals surface area (Å²) >= 11 is 0. The van der Waals surface area contributed by atoms with Gasteiger partial charge < -0.3 is 9.64 Å². The number of carbonyl (C=O) groups is 4. The number of likely N-dealkylation sites (tertiary alicyclic amines) is 1. The molecule has 0 aliphatic carbocycles. The van der Waals surface area contributed by atoms with Gasteiger partial charge in [-0.3, -0.25) is 19.3 Å². The van der Waals surface area contributed by atoms with Gasteiger partial charge >= 0.3 is 5.97 Å². The molecule has 0 N–H and O–H groups in total. The predicted octanol–water partition coefficient (Wildman–Crippen LogP) is 1.62. The van der Waals surface area contributed by atoms with Crippen molar-refractivity contribution in [3.63, 3.8) is 0 Å². The van der Waals surface area contributed by atoms with Crippen molar-refractivity contribution in [3.05, 3.63) is 35.4 Å². The van der Waals surface area contributed by atoms with E-state index in [2.05, 4.69) is 0 Å². The number of esters is 1. The van der Waals surface area contributed by atoms with Gasteiger partial charge in [0.05, 0.1) is 11.1 Å². The number of rotatable bonds is 4. The van der Waals surface area contributed by atoms with Gasteiger partial charge in [0.1, 0.15) is 6.04 Å². The Morgan fingerprint density at radius 1 is 0.962 bits per heavy atom. The molecule has 1 fully saturated rings. The molecule has 2 aliphatic rings. The maximum Gasteiger partial charge on any atom is 0.329 e. The van der Waals surface area contributed by atoms with Crippen LogP contribution in [0.2, 0.25) is 0 Å². The number of piperidine rings is 1. The normalized spacial score (nSPS) is 19.2. The number of hydrogen-bond acceptors (Lipinski definition) is 5. The molecule has 3 amide bonds. The van der Waals surface area contributed by atoms with Gasteiger partial charge in [0.25, 0.3) is 17.7 Å². The van der Waals surface area contributed by atoms with Gasteiger partial charge in [0, 0.05) is 13.1 Å². The number of amides is 3. The number of ether oxygens (including phenoxy) is 1. The SMILES string of the molecule is C[C@H](C(=O)O[C@H](C)C(=O)N1CCCCC1)N1C(=O)c2ccccc2C1=O. The van der Waals surface area contributed by atoms with Gasteiger partial charge in [-0.05, 0) is 45.2 Å². The lowest BCUT2D eigenvalue weighted by molar-refractivity contribution is -0.162. The molecule has 0 aromatic heterocycles. The summed E-state index contributed by atoms with van der Waals surface area (Å²) in [6.45, 7) is 4.27. The topological polar surface area (TPSA) is 84.0 Å². The van der Waals surface area contributed by atoms with Gasteiger partial charge in [-0.15, -0.1) is 0 Å². The lowest BCUT2D eigenvalue weighted by Crippen LogP contribution is -2.47. The monoisotopic (exact) mass is 358 g/mol. The maximum atomic E-state index is 12.4. The second-order valence-electron chi connectivity index (χ2n) is 6.67. The van der Waals surface area contributed by atoms with Gasteiger partial charge in [-0.25, -0.2) is 4.79 Å². The van der Waals surface area contributed by atoms with Crippen LogP contribution in [-0.2, 0) is 14.3 Å². The third kappa shape index (κ3) is 3.21. The fraction of sp³-hybridized carbons (Fsp3) is 0.474. The fourth-order valence-electron chi connectivity index (χ4n) is 3.36. The fourth-order valence-corrected chi connectivity index (χ4v) is 3.36. The van der Waals surface area contributed by atoms with Crippen LogP contribution in [0.15, 0.2) is 24.3 Å². The molecule has 0 saturated carbocycles. The molecule has 0 bridgehead atoms. The highest BCUT2D eigenvalue weighted by molar-refractivity contribution is 6.22. The highest BCUT2D eigenvalue weighted by Crippen LogP contribution is 2.25. The zero-order valence-electron chi connectivity index (χ0n) is 14.9. The van der Waals surface area contributed by atoms with Crippen molar-refractivity contribution >= 4 is 23.7 Å². The van der Waals surface area contributed by atoms with Crippen molar-refractivity contribution in [1.82, 2.24) is 9.80 Å². The Labute approximate surface area is 151 Å². The highest BCUT2D eigenvalue weighted by atomic mass is 16.5. The number of hydrogen-bond donors (Lipinski definition) is 0. The van der Waals surface area contributed by atoms with Crippen molar-refractivity contribution in [1.29, 1.82) is 0 Å². The molecule has 2 atom stereocenters. The van der Waals surface area contributed by atoms with E-state index in [-0.39, 0.29) is 17.0 Å². The van der Waals surface area contributed by atoms with Gasteiger partial charge in [-0.2, -0.15) is 0 Å². The minimum absolute atomic E-state index is 0.243. The summed E-state index contributed by atoms with van der Waals surface area (Å²) in [6.07, 6.45) is 2.03. The van der Waals surface area contributed by atoms with Crippen LogP contribution in [0.3, 0.4) is 0 Å². The maximum absolute atomic E-state index is 12.4. The first-order valence-corrected chi connectivity index (χ1v) is 8.88. The Morgan fingerprint density at radius 3 is 2.04 bits per heavy atom. The lowest BCUT2D eigenvalue weighted by atomic mass is 10.1. The standard InChI is InChI=1S/C19H22N2O5/c1-12(21-17(23)14-8-4-5-9-15(14)18(21)24)19(25)26-13(2)16(22)20-10-6-3-7-11-20/h4-5,8-9,12-13H,3,6-7,10-11H2,1-2H3/t12-,13-/m1/s1. The summed E-state index contributed by atoms with van der Waals surface area (Å²) in [7, 11) is 0. The summed E-state index contributed by atoms with van der Waals surface area (Å²) in [5, 5.41) is 0. The first kappa shape index (κ1) is 18.1. The van der Waals surface area contributed by atoms with E-state index in [9.17, 15) is 19.2 Å². The quantitative estimate of drug-likeness (QED) is 0.603. The minimum atomic E-state index is -1.10. The molecule has 7 heteroatoms. The summed E-state index contributed by atoms with van der Waals surface area (Å²) < 4.78 is 5.26. The zero-order valence-corrected chi connectivity index (χ0v) is 14.9. The van der Waals surface area contributed by atoms with E-state index in [1.807, 2.05) is 0 Å². The van der Waals surface area contributed by atoms with Crippen LogP contribution in [0.1, 0.15) is 53.8 Å². The minimum Gasteiger partial charge on any atom is -0.451 e. The van der Waals surface area contributed by atoms with Crippen LogP contribution in [0.4, 0.5) is 0 Å². The van der Waals surface area contributed by atoms with Crippen molar-refractivity contribution < 1.29 is 23.9 Å². The van der Waals surface area contributed by atoms with Crippen molar-refractivity contribution in [2.24, 2.45) is 0 Å². The Hall–Kier alpha value is -2.70. The molecule has 0 radical (unpaired) electrons. The molecular formula is C19H22N2O5. The largest absolute Gasteiger partial charge is 0.451 e. The van der Waals surface area contributed by atoms with Gasteiger partial charge in [-0.1, -0.05) is 12.1 Å². The molecule has 0 spiro atoms. The summed E-state index contributed by atoms with van der Waals surface area (Å²) in [5.74, 6) is -2.06. The number of benzene rings is 1. The zero-order chi connectivity index (χ0) is 18.8. The van der Waals surface area contributed by atoms with Crippen LogP contribution >= 0.6 is 0 Å². The molecule has 26 heavy (non-hydrogen) atoms. The number of fused-ring (bicyclic) bond motifs is 1. The van der Waals surface area contributed by atoms with Crippen LogP contribution in [-0.4, -0.2) is 58.7 Å². The molecular weight excluding hydrogens is 336 g/mol. The van der Waals surface area contributed by atoms with Crippen LogP contribution < -0.4 is 0 Å². The van der Waals surface area contributed by atoms with E-state index in [0.717, 1.165) is 24.2 Å². The highest BCUT2D eigenvalue weighted by Gasteiger charge is 2.42. The molecule has 1 aromatic rings. The van der Waals surface area contributed by atoms with E-state index in [0.29, 0.717) is 13.1 Å². The smallest absolute Gasteiger partial charge is 0.329 e. The Morgan fingerprint density at radius 2 is 1.50 bits per heavy atom. The molecule has 2 heterocycles.